The minimum Gasteiger partial charge on any atom is -0.481 e. The molecule has 1 amide bonds. The molecule has 1 aliphatic carbocycles. The third kappa shape index (κ3) is 6.08. The quantitative estimate of drug-likeness (QED) is 0.600. The summed E-state index contributed by atoms with van der Waals surface area (Å²) in [5.41, 5.74) is 3.61. The van der Waals surface area contributed by atoms with Crippen molar-refractivity contribution in [3.05, 3.63) is 47.8 Å². The fraction of sp³-hybridized carbons (Fsp3) is 0.458. The number of amides is 1. The van der Waals surface area contributed by atoms with Gasteiger partial charge in [-0.3, -0.25) is 14.6 Å². The number of nitrogens with zero attached hydrogens (tertiary/aromatic N) is 2. The molecule has 1 heterocycles. The van der Waals surface area contributed by atoms with E-state index < -0.39 is 5.97 Å². The maximum atomic E-state index is 12.7. The number of pyridine rings is 1. The molecule has 1 aromatic heterocycles. The number of benzene rings is 1. The van der Waals surface area contributed by atoms with Crippen LogP contribution in [0.5, 0.6) is 0 Å². The first-order chi connectivity index (χ1) is 14.2. The molecule has 2 aromatic rings. The fourth-order valence-corrected chi connectivity index (χ4v) is 4.49. The standard InChI is InChI=1S/C24H30N2O3S/c1-5-26(23(29)17-6-7-17)15-19-12-20(30-24(2,3)4)8-9-21(19)18-10-16(11-22(27)28)13-25-14-18/h8-10,12-14,17H,5-7,11,15H2,1-4H3,(H,27,28). The highest BCUT2D eigenvalue weighted by Crippen LogP contribution is 2.36. The van der Waals surface area contributed by atoms with E-state index >= 15 is 0 Å². The number of hydrogen-bond donors (Lipinski definition) is 1. The number of carbonyl (C=O) groups excluding carboxylic acids is 1. The summed E-state index contributed by atoms with van der Waals surface area (Å²) in [6, 6.07) is 8.21. The van der Waals surface area contributed by atoms with Crippen molar-refractivity contribution >= 4 is 23.6 Å². The predicted molar refractivity (Wildman–Crippen MR) is 120 cm³/mol. The predicted octanol–water partition coefficient (Wildman–Crippen LogP) is 5.02. The molecule has 6 heteroatoms. The number of carboxylic acids is 1. The zero-order chi connectivity index (χ0) is 21.9. The second-order valence-corrected chi connectivity index (χ2v) is 10.7. The van der Waals surface area contributed by atoms with Crippen molar-refractivity contribution in [1.82, 2.24) is 9.88 Å². The molecular weight excluding hydrogens is 396 g/mol. The zero-order valence-electron chi connectivity index (χ0n) is 18.1. The lowest BCUT2D eigenvalue weighted by Gasteiger charge is -2.24. The molecule has 3 rings (SSSR count). The molecule has 1 N–H and O–H groups in total. The van der Waals surface area contributed by atoms with Crippen LogP contribution in [-0.2, 0) is 22.6 Å². The number of thioether (sulfide) groups is 1. The summed E-state index contributed by atoms with van der Waals surface area (Å²) >= 11 is 1.80. The molecule has 0 bridgehead atoms. The van der Waals surface area contributed by atoms with Gasteiger partial charge in [-0.15, -0.1) is 11.8 Å². The van der Waals surface area contributed by atoms with E-state index in [1.807, 2.05) is 17.9 Å². The summed E-state index contributed by atoms with van der Waals surface area (Å²) in [5, 5.41) is 9.12. The van der Waals surface area contributed by atoms with Crippen LogP contribution >= 0.6 is 11.8 Å². The summed E-state index contributed by atoms with van der Waals surface area (Å²) in [7, 11) is 0. The van der Waals surface area contributed by atoms with Crippen molar-refractivity contribution in [2.24, 2.45) is 5.92 Å². The second kappa shape index (κ2) is 9.21. The van der Waals surface area contributed by atoms with Crippen LogP contribution in [0.1, 0.15) is 51.7 Å². The Balaban J connectivity index is 1.98. The molecule has 0 unspecified atom stereocenters. The highest BCUT2D eigenvalue weighted by molar-refractivity contribution is 8.00. The van der Waals surface area contributed by atoms with Crippen LogP contribution in [0.4, 0.5) is 0 Å². The van der Waals surface area contributed by atoms with Crippen LogP contribution in [-0.4, -0.2) is 38.2 Å². The maximum absolute atomic E-state index is 12.7. The molecule has 30 heavy (non-hydrogen) atoms. The highest BCUT2D eigenvalue weighted by atomic mass is 32.2. The van der Waals surface area contributed by atoms with Crippen LogP contribution in [0.2, 0.25) is 0 Å². The Morgan fingerprint density at radius 2 is 1.93 bits per heavy atom. The number of carbonyl (C=O) groups is 2. The molecule has 0 spiro atoms. The van der Waals surface area contributed by atoms with Crippen molar-refractivity contribution < 1.29 is 14.7 Å². The van der Waals surface area contributed by atoms with E-state index in [1.165, 1.54) is 0 Å². The Labute approximate surface area is 182 Å². The molecule has 1 saturated carbocycles. The topological polar surface area (TPSA) is 70.5 Å². The van der Waals surface area contributed by atoms with Crippen LogP contribution < -0.4 is 0 Å². The molecular formula is C24H30N2O3S. The van der Waals surface area contributed by atoms with Crippen molar-refractivity contribution in [2.45, 2.75) is 63.1 Å². The first-order valence-corrected chi connectivity index (χ1v) is 11.2. The number of hydrogen-bond acceptors (Lipinski definition) is 4. The van der Waals surface area contributed by atoms with Crippen molar-refractivity contribution in [1.29, 1.82) is 0 Å². The lowest BCUT2D eigenvalue weighted by Crippen LogP contribution is -2.31. The van der Waals surface area contributed by atoms with E-state index in [0.717, 1.165) is 34.4 Å². The van der Waals surface area contributed by atoms with Gasteiger partial charge in [0.2, 0.25) is 5.91 Å². The largest absolute Gasteiger partial charge is 0.481 e. The van der Waals surface area contributed by atoms with E-state index in [1.54, 1.807) is 24.2 Å². The summed E-state index contributed by atoms with van der Waals surface area (Å²) < 4.78 is 0.0794. The van der Waals surface area contributed by atoms with Crippen LogP contribution in [0, 0.1) is 5.92 Å². The van der Waals surface area contributed by atoms with Crippen molar-refractivity contribution in [3.8, 4) is 11.1 Å². The molecule has 0 saturated heterocycles. The molecule has 1 aromatic carbocycles. The van der Waals surface area contributed by atoms with Gasteiger partial charge in [-0.25, -0.2) is 0 Å². The fourth-order valence-electron chi connectivity index (χ4n) is 3.45. The Morgan fingerprint density at radius 3 is 2.53 bits per heavy atom. The zero-order valence-corrected chi connectivity index (χ0v) is 19.0. The van der Waals surface area contributed by atoms with Gasteiger partial charge in [-0.2, -0.15) is 0 Å². The third-order valence-corrected chi connectivity index (χ3v) is 6.05. The molecule has 0 aliphatic heterocycles. The summed E-state index contributed by atoms with van der Waals surface area (Å²) in [5.74, 6) is -0.463. The number of carboxylic acid groups (broad SMARTS) is 1. The smallest absolute Gasteiger partial charge is 0.307 e. The first-order valence-electron chi connectivity index (χ1n) is 10.4. The van der Waals surface area contributed by atoms with Crippen LogP contribution in [0.3, 0.4) is 0 Å². The van der Waals surface area contributed by atoms with Gasteiger partial charge in [0.25, 0.3) is 0 Å². The van der Waals surface area contributed by atoms with Gasteiger partial charge in [-0.1, -0.05) is 26.8 Å². The van der Waals surface area contributed by atoms with E-state index in [4.69, 9.17) is 5.11 Å². The molecule has 1 aliphatic rings. The summed E-state index contributed by atoms with van der Waals surface area (Å²) in [6.45, 7) is 9.77. The minimum atomic E-state index is -0.877. The molecule has 0 radical (unpaired) electrons. The van der Waals surface area contributed by atoms with Gasteiger partial charge in [-0.05, 0) is 54.7 Å². The van der Waals surface area contributed by atoms with E-state index in [0.29, 0.717) is 18.7 Å². The average Bonchev–Trinajstić information content (AvgIpc) is 3.49. The minimum absolute atomic E-state index is 0.0601. The van der Waals surface area contributed by atoms with E-state index in [-0.39, 0.29) is 23.0 Å². The third-order valence-electron chi connectivity index (χ3n) is 4.94. The van der Waals surface area contributed by atoms with E-state index in [2.05, 4.69) is 44.0 Å². The SMILES string of the molecule is CCN(Cc1cc(SC(C)(C)C)ccc1-c1cncc(CC(=O)O)c1)C(=O)C1CC1. The molecule has 0 atom stereocenters. The van der Waals surface area contributed by atoms with Crippen molar-refractivity contribution in [3.63, 3.8) is 0 Å². The normalized spacial score (nSPS) is 13.9. The van der Waals surface area contributed by atoms with Gasteiger partial charge < -0.3 is 10.0 Å². The Morgan fingerprint density at radius 1 is 1.20 bits per heavy atom. The highest BCUT2D eigenvalue weighted by Gasteiger charge is 2.33. The number of aliphatic carboxylic acids is 1. The number of aromatic nitrogens is 1. The van der Waals surface area contributed by atoms with Gasteiger partial charge in [0.1, 0.15) is 0 Å². The van der Waals surface area contributed by atoms with Crippen molar-refractivity contribution in [2.75, 3.05) is 6.54 Å². The van der Waals surface area contributed by atoms with E-state index in [9.17, 15) is 9.59 Å². The van der Waals surface area contributed by atoms with Crippen LogP contribution in [0.25, 0.3) is 11.1 Å². The average molecular weight is 427 g/mol. The summed E-state index contributed by atoms with van der Waals surface area (Å²) in [6.07, 6.45) is 5.28. The molecule has 5 nitrogen and oxygen atoms in total. The Hall–Kier alpha value is -2.34. The number of rotatable bonds is 8. The monoisotopic (exact) mass is 426 g/mol. The van der Waals surface area contributed by atoms with Gasteiger partial charge >= 0.3 is 5.97 Å². The Kier molecular flexibility index (Phi) is 6.86. The van der Waals surface area contributed by atoms with Crippen LogP contribution in [0.15, 0.2) is 41.6 Å². The molecule has 1 fully saturated rings. The first kappa shape index (κ1) is 22.3. The van der Waals surface area contributed by atoms with Gasteiger partial charge in [0.15, 0.2) is 0 Å². The maximum Gasteiger partial charge on any atom is 0.307 e. The molecule has 160 valence electrons. The van der Waals surface area contributed by atoms with Gasteiger partial charge in [0.05, 0.1) is 6.42 Å². The van der Waals surface area contributed by atoms with Gasteiger partial charge in [0, 0.05) is 46.6 Å². The summed E-state index contributed by atoms with van der Waals surface area (Å²) in [4.78, 5) is 31.2. The lowest BCUT2D eigenvalue weighted by molar-refractivity contribution is -0.136. The lowest BCUT2D eigenvalue weighted by atomic mass is 9.99. The Bertz CT molecular complexity index is 932. The second-order valence-electron chi connectivity index (χ2n) is 8.81.